The molecule has 0 radical (unpaired) electrons. The number of nitrogens with zero attached hydrogens (tertiary/aromatic N) is 2. The Morgan fingerprint density at radius 1 is 1.54 bits per heavy atom. The molecule has 0 aliphatic heterocycles. The third-order valence-electron chi connectivity index (χ3n) is 1.48. The van der Waals surface area contributed by atoms with Crippen molar-refractivity contribution in [3.63, 3.8) is 0 Å². The van der Waals surface area contributed by atoms with E-state index in [0.717, 1.165) is 11.6 Å². The smallest absolute Gasteiger partial charge is 0.129 e. The number of aryl methyl sites for hydroxylation is 1. The molecule has 0 spiro atoms. The Bertz CT molecular complexity index is 280. The molecule has 0 amide bonds. The Kier molecular flexibility index (Phi) is 2.83. The molecule has 1 aromatic rings. The highest BCUT2D eigenvalue weighted by Crippen LogP contribution is 2.05. The molecule has 13 heavy (non-hydrogen) atoms. The van der Waals surface area contributed by atoms with Crippen LogP contribution >= 0.6 is 0 Å². The second-order valence-corrected chi connectivity index (χ2v) is 3.66. The fraction of sp³-hybridized carbons (Fsp3) is 0.556. The van der Waals surface area contributed by atoms with E-state index in [4.69, 9.17) is 0 Å². The van der Waals surface area contributed by atoms with E-state index in [0.29, 0.717) is 6.54 Å². The molecule has 1 aromatic heterocycles. The van der Waals surface area contributed by atoms with E-state index >= 15 is 0 Å². The van der Waals surface area contributed by atoms with Gasteiger partial charge in [-0.05, 0) is 26.8 Å². The molecule has 0 atom stereocenters. The summed E-state index contributed by atoms with van der Waals surface area (Å²) in [5, 5.41) is 12.5. The van der Waals surface area contributed by atoms with Crippen LogP contribution in [0.3, 0.4) is 0 Å². The number of aliphatic hydroxyl groups is 1. The fourth-order valence-corrected chi connectivity index (χ4v) is 0.862. The van der Waals surface area contributed by atoms with Crippen molar-refractivity contribution in [2.45, 2.75) is 26.4 Å². The number of anilines is 1. The summed E-state index contributed by atoms with van der Waals surface area (Å²) in [4.78, 5) is 8.11. The van der Waals surface area contributed by atoms with Crippen LogP contribution in [0.4, 0.5) is 5.82 Å². The van der Waals surface area contributed by atoms with Gasteiger partial charge in [-0.25, -0.2) is 9.97 Å². The van der Waals surface area contributed by atoms with Gasteiger partial charge in [0.1, 0.15) is 11.6 Å². The zero-order valence-electron chi connectivity index (χ0n) is 8.20. The zero-order valence-corrected chi connectivity index (χ0v) is 8.20. The predicted molar refractivity (Wildman–Crippen MR) is 51.6 cm³/mol. The van der Waals surface area contributed by atoms with Gasteiger partial charge in [0, 0.05) is 12.7 Å². The lowest BCUT2D eigenvalue weighted by atomic mass is 10.1. The van der Waals surface area contributed by atoms with E-state index in [1.807, 2.05) is 6.92 Å². The molecule has 0 saturated carbocycles. The molecule has 0 aromatic carbocycles. The largest absolute Gasteiger partial charge is 0.389 e. The van der Waals surface area contributed by atoms with Crippen LogP contribution in [0.15, 0.2) is 12.3 Å². The first-order valence-electron chi connectivity index (χ1n) is 4.23. The van der Waals surface area contributed by atoms with Crippen molar-refractivity contribution in [1.82, 2.24) is 9.97 Å². The zero-order chi connectivity index (χ0) is 9.90. The molecule has 4 heteroatoms. The monoisotopic (exact) mass is 181 g/mol. The average Bonchev–Trinajstić information content (AvgIpc) is 2.00. The lowest BCUT2D eigenvalue weighted by Crippen LogP contribution is -2.29. The third-order valence-corrected chi connectivity index (χ3v) is 1.48. The van der Waals surface area contributed by atoms with Crippen molar-refractivity contribution in [2.24, 2.45) is 0 Å². The Morgan fingerprint density at radius 2 is 2.23 bits per heavy atom. The van der Waals surface area contributed by atoms with Gasteiger partial charge in [0.05, 0.1) is 5.60 Å². The first-order chi connectivity index (χ1) is 5.97. The van der Waals surface area contributed by atoms with Crippen LogP contribution < -0.4 is 5.32 Å². The minimum atomic E-state index is -0.723. The van der Waals surface area contributed by atoms with E-state index in [1.54, 1.807) is 26.1 Å². The molecular weight excluding hydrogens is 166 g/mol. The van der Waals surface area contributed by atoms with Gasteiger partial charge in [-0.3, -0.25) is 0 Å². The molecule has 2 N–H and O–H groups in total. The molecule has 0 fully saturated rings. The molecule has 0 aliphatic rings. The Hall–Kier alpha value is -1.16. The molecule has 0 unspecified atom stereocenters. The maximum atomic E-state index is 9.44. The van der Waals surface area contributed by atoms with E-state index < -0.39 is 5.60 Å². The highest BCUT2D eigenvalue weighted by atomic mass is 16.3. The van der Waals surface area contributed by atoms with Crippen molar-refractivity contribution >= 4 is 5.82 Å². The van der Waals surface area contributed by atoms with Crippen LogP contribution in [0.5, 0.6) is 0 Å². The van der Waals surface area contributed by atoms with E-state index in [1.165, 1.54) is 0 Å². The minimum Gasteiger partial charge on any atom is -0.389 e. The highest BCUT2D eigenvalue weighted by Gasteiger charge is 2.11. The van der Waals surface area contributed by atoms with E-state index in [9.17, 15) is 5.11 Å². The molecule has 0 saturated heterocycles. The summed E-state index contributed by atoms with van der Waals surface area (Å²) in [6.45, 7) is 5.79. The van der Waals surface area contributed by atoms with Crippen molar-refractivity contribution in [3.8, 4) is 0 Å². The summed E-state index contributed by atoms with van der Waals surface area (Å²) < 4.78 is 0. The highest BCUT2D eigenvalue weighted by molar-refractivity contribution is 5.33. The van der Waals surface area contributed by atoms with Crippen molar-refractivity contribution in [3.05, 3.63) is 18.1 Å². The Labute approximate surface area is 78.0 Å². The van der Waals surface area contributed by atoms with Gasteiger partial charge in [-0.1, -0.05) is 0 Å². The van der Waals surface area contributed by atoms with Gasteiger partial charge < -0.3 is 10.4 Å². The number of nitrogens with one attached hydrogen (secondary N) is 1. The first kappa shape index (κ1) is 9.92. The van der Waals surface area contributed by atoms with Gasteiger partial charge in [0.2, 0.25) is 0 Å². The van der Waals surface area contributed by atoms with Crippen LogP contribution in [0.2, 0.25) is 0 Å². The summed E-state index contributed by atoms with van der Waals surface area (Å²) in [6.07, 6.45) is 1.69. The van der Waals surface area contributed by atoms with Gasteiger partial charge in [0.15, 0.2) is 0 Å². The number of rotatable bonds is 3. The van der Waals surface area contributed by atoms with E-state index in [-0.39, 0.29) is 0 Å². The fourth-order valence-electron chi connectivity index (χ4n) is 0.862. The summed E-state index contributed by atoms with van der Waals surface area (Å²) in [5.74, 6) is 1.47. The van der Waals surface area contributed by atoms with Crippen molar-refractivity contribution in [2.75, 3.05) is 11.9 Å². The van der Waals surface area contributed by atoms with Crippen molar-refractivity contribution in [1.29, 1.82) is 0 Å². The maximum absolute atomic E-state index is 9.44. The van der Waals surface area contributed by atoms with Crippen LogP contribution in [-0.2, 0) is 0 Å². The van der Waals surface area contributed by atoms with Crippen LogP contribution in [0.1, 0.15) is 19.7 Å². The number of aromatic nitrogens is 2. The minimum absolute atomic E-state index is 0.476. The average molecular weight is 181 g/mol. The molecule has 0 bridgehead atoms. The van der Waals surface area contributed by atoms with Gasteiger partial charge in [-0.2, -0.15) is 0 Å². The summed E-state index contributed by atoms with van der Waals surface area (Å²) in [6, 6.07) is 1.78. The molecular formula is C9H15N3O. The van der Waals surface area contributed by atoms with Gasteiger partial charge in [0.25, 0.3) is 0 Å². The number of hydrogen-bond acceptors (Lipinski definition) is 4. The molecule has 0 aliphatic carbocycles. The SMILES string of the molecule is Cc1nccc(NCC(C)(C)O)n1. The summed E-state index contributed by atoms with van der Waals surface area (Å²) >= 11 is 0. The standard InChI is InChI=1S/C9H15N3O/c1-7-10-5-4-8(12-7)11-6-9(2,3)13/h4-5,13H,6H2,1-3H3,(H,10,11,12). The molecule has 4 nitrogen and oxygen atoms in total. The number of hydrogen-bond donors (Lipinski definition) is 2. The topological polar surface area (TPSA) is 58.0 Å². The summed E-state index contributed by atoms with van der Waals surface area (Å²) in [7, 11) is 0. The molecule has 72 valence electrons. The lowest BCUT2D eigenvalue weighted by Gasteiger charge is -2.17. The van der Waals surface area contributed by atoms with Crippen LogP contribution in [0, 0.1) is 6.92 Å². The second-order valence-electron chi connectivity index (χ2n) is 3.66. The van der Waals surface area contributed by atoms with Crippen molar-refractivity contribution < 1.29 is 5.11 Å². The second kappa shape index (κ2) is 3.70. The first-order valence-corrected chi connectivity index (χ1v) is 4.23. The molecule has 1 rings (SSSR count). The van der Waals surface area contributed by atoms with Gasteiger partial charge in [-0.15, -0.1) is 0 Å². The normalized spacial score (nSPS) is 11.4. The Morgan fingerprint density at radius 3 is 2.77 bits per heavy atom. The van der Waals surface area contributed by atoms with Gasteiger partial charge >= 0.3 is 0 Å². The lowest BCUT2D eigenvalue weighted by molar-refractivity contribution is 0.0944. The van der Waals surface area contributed by atoms with E-state index in [2.05, 4.69) is 15.3 Å². The quantitative estimate of drug-likeness (QED) is 0.729. The van der Waals surface area contributed by atoms with Crippen LogP contribution in [0.25, 0.3) is 0 Å². The molecule has 1 heterocycles. The third kappa shape index (κ3) is 3.85. The Balaban J connectivity index is 2.55. The summed E-state index contributed by atoms with van der Waals surface area (Å²) in [5.41, 5.74) is -0.723. The maximum Gasteiger partial charge on any atom is 0.129 e. The predicted octanol–water partition coefficient (Wildman–Crippen LogP) is 0.968. The van der Waals surface area contributed by atoms with Crippen LogP contribution in [-0.4, -0.2) is 27.2 Å².